The lowest BCUT2D eigenvalue weighted by atomic mass is 10.1. The van der Waals surface area contributed by atoms with Gasteiger partial charge < -0.3 is 9.64 Å². The molecule has 0 saturated heterocycles. The van der Waals surface area contributed by atoms with Crippen LogP contribution >= 0.6 is 0 Å². The standard InChI is InChI=1S/C13H17NO2/c1-10(9-13(15)16-2)14-8-7-11-5-3-4-6-12(11)14/h3-6,10H,7-9H2,1-2H3. The van der Waals surface area contributed by atoms with Gasteiger partial charge >= 0.3 is 5.97 Å². The Labute approximate surface area is 96.0 Å². The third-order valence-corrected chi connectivity index (χ3v) is 3.14. The quantitative estimate of drug-likeness (QED) is 0.728. The monoisotopic (exact) mass is 219 g/mol. The van der Waals surface area contributed by atoms with Crippen molar-refractivity contribution in [2.24, 2.45) is 0 Å². The van der Waals surface area contributed by atoms with Crippen LogP contribution in [0.15, 0.2) is 24.3 Å². The van der Waals surface area contributed by atoms with E-state index in [0.29, 0.717) is 6.42 Å². The van der Waals surface area contributed by atoms with Crippen molar-refractivity contribution in [1.82, 2.24) is 0 Å². The molecular weight excluding hydrogens is 202 g/mol. The molecule has 0 aliphatic carbocycles. The number of methoxy groups -OCH3 is 1. The molecule has 0 aromatic heterocycles. The number of esters is 1. The molecule has 0 spiro atoms. The average Bonchev–Trinajstić information content (AvgIpc) is 2.72. The van der Waals surface area contributed by atoms with Crippen molar-refractivity contribution >= 4 is 11.7 Å². The minimum absolute atomic E-state index is 0.142. The Kier molecular flexibility index (Phi) is 3.13. The lowest BCUT2D eigenvalue weighted by Crippen LogP contribution is -2.33. The predicted molar refractivity (Wildman–Crippen MR) is 63.6 cm³/mol. The van der Waals surface area contributed by atoms with E-state index in [1.54, 1.807) is 0 Å². The molecule has 16 heavy (non-hydrogen) atoms. The highest BCUT2D eigenvalue weighted by Gasteiger charge is 2.24. The SMILES string of the molecule is COC(=O)CC(C)N1CCc2ccccc21. The van der Waals surface area contributed by atoms with Crippen molar-refractivity contribution < 1.29 is 9.53 Å². The number of hydrogen-bond acceptors (Lipinski definition) is 3. The van der Waals surface area contributed by atoms with E-state index >= 15 is 0 Å². The van der Waals surface area contributed by atoms with Gasteiger partial charge in [0.2, 0.25) is 0 Å². The molecule has 0 bridgehead atoms. The Hall–Kier alpha value is -1.51. The van der Waals surface area contributed by atoms with Crippen LogP contribution in [0, 0.1) is 0 Å². The van der Waals surface area contributed by atoms with Gasteiger partial charge in [-0.3, -0.25) is 4.79 Å². The maximum absolute atomic E-state index is 11.2. The van der Waals surface area contributed by atoms with Gasteiger partial charge in [0.25, 0.3) is 0 Å². The van der Waals surface area contributed by atoms with Gasteiger partial charge in [-0.05, 0) is 25.0 Å². The fraction of sp³-hybridized carbons (Fsp3) is 0.462. The predicted octanol–water partition coefficient (Wildman–Crippen LogP) is 2.00. The fourth-order valence-electron chi connectivity index (χ4n) is 2.26. The Morgan fingerprint density at radius 2 is 2.25 bits per heavy atom. The molecule has 1 aromatic rings. The minimum Gasteiger partial charge on any atom is -0.469 e. The van der Waals surface area contributed by atoms with Crippen molar-refractivity contribution in [3.05, 3.63) is 29.8 Å². The second-order valence-electron chi connectivity index (χ2n) is 4.20. The van der Waals surface area contributed by atoms with Crippen molar-refractivity contribution in [3.8, 4) is 0 Å². The summed E-state index contributed by atoms with van der Waals surface area (Å²) in [6, 6.07) is 8.59. The molecular formula is C13H17NO2. The summed E-state index contributed by atoms with van der Waals surface area (Å²) in [5.41, 5.74) is 2.64. The summed E-state index contributed by atoms with van der Waals surface area (Å²) in [4.78, 5) is 13.5. The number of fused-ring (bicyclic) bond motifs is 1. The van der Waals surface area contributed by atoms with Crippen molar-refractivity contribution in [2.45, 2.75) is 25.8 Å². The molecule has 1 atom stereocenters. The van der Waals surface area contributed by atoms with E-state index in [9.17, 15) is 4.79 Å². The van der Waals surface area contributed by atoms with Gasteiger partial charge in [-0.25, -0.2) is 0 Å². The molecule has 0 amide bonds. The first-order valence-corrected chi connectivity index (χ1v) is 5.63. The molecule has 0 fully saturated rings. The number of para-hydroxylation sites is 1. The highest BCUT2D eigenvalue weighted by Crippen LogP contribution is 2.29. The molecule has 1 aliphatic rings. The van der Waals surface area contributed by atoms with Crippen molar-refractivity contribution in [2.75, 3.05) is 18.6 Å². The zero-order valence-corrected chi connectivity index (χ0v) is 9.77. The molecule has 86 valence electrons. The largest absolute Gasteiger partial charge is 0.469 e. The molecule has 0 N–H and O–H groups in total. The average molecular weight is 219 g/mol. The van der Waals surface area contributed by atoms with E-state index in [4.69, 9.17) is 4.74 Å². The zero-order valence-electron chi connectivity index (χ0n) is 9.77. The Bertz CT molecular complexity index is 389. The van der Waals surface area contributed by atoms with Crippen LogP contribution in [0.3, 0.4) is 0 Å². The van der Waals surface area contributed by atoms with Crippen LogP contribution < -0.4 is 4.90 Å². The number of ether oxygens (including phenoxy) is 1. The van der Waals surface area contributed by atoms with Gasteiger partial charge in [-0.15, -0.1) is 0 Å². The van der Waals surface area contributed by atoms with Crippen LogP contribution in [-0.4, -0.2) is 25.7 Å². The lowest BCUT2D eigenvalue weighted by molar-refractivity contribution is -0.140. The van der Waals surface area contributed by atoms with E-state index in [0.717, 1.165) is 13.0 Å². The van der Waals surface area contributed by atoms with Gasteiger partial charge in [-0.2, -0.15) is 0 Å². The highest BCUT2D eigenvalue weighted by molar-refractivity contribution is 5.71. The molecule has 1 aliphatic heterocycles. The Balaban J connectivity index is 2.10. The number of benzene rings is 1. The Morgan fingerprint density at radius 1 is 1.50 bits per heavy atom. The molecule has 0 saturated carbocycles. The number of anilines is 1. The summed E-state index contributed by atoms with van der Waals surface area (Å²) >= 11 is 0. The normalized spacial score (nSPS) is 15.8. The molecule has 0 radical (unpaired) electrons. The number of carbonyl (C=O) groups is 1. The smallest absolute Gasteiger partial charge is 0.307 e. The summed E-state index contributed by atoms with van der Waals surface area (Å²) < 4.78 is 4.70. The topological polar surface area (TPSA) is 29.5 Å². The van der Waals surface area contributed by atoms with Gasteiger partial charge in [0, 0.05) is 18.3 Å². The van der Waals surface area contributed by atoms with Crippen LogP contribution in [0.25, 0.3) is 0 Å². The van der Waals surface area contributed by atoms with E-state index < -0.39 is 0 Å². The van der Waals surface area contributed by atoms with E-state index in [1.165, 1.54) is 18.4 Å². The minimum atomic E-state index is -0.142. The molecule has 3 nitrogen and oxygen atoms in total. The summed E-state index contributed by atoms with van der Waals surface area (Å²) in [7, 11) is 1.44. The fourth-order valence-corrected chi connectivity index (χ4v) is 2.26. The maximum Gasteiger partial charge on any atom is 0.307 e. The van der Waals surface area contributed by atoms with Crippen LogP contribution in [-0.2, 0) is 16.0 Å². The first-order valence-electron chi connectivity index (χ1n) is 5.63. The summed E-state index contributed by atoms with van der Waals surface area (Å²) in [5.74, 6) is -0.142. The van der Waals surface area contributed by atoms with Gasteiger partial charge in [0.15, 0.2) is 0 Å². The molecule has 1 heterocycles. The van der Waals surface area contributed by atoms with E-state index in [-0.39, 0.29) is 12.0 Å². The first kappa shape index (κ1) is 11.0. The van der Waals surface area contributed by atoms with Gasteiger partial charge in [-0.1, -0.05) is 18.2 Å². The second-order valence-corrected chi connectivity index (χ2v) is 4.20. The number of rotatable bonds is 3. The summed E-state index contributed by atoms with van der Waals surface area (Å²) in [6.45, 7) is 3.07. The van der Waals surface area contributed by atoms with Crippen LogP contribution in [0.2, 0.25) is 0 Å². The molecule has 3 heteroatoms. The van der Waals surface area contributed by atoms with Crippen LogP contribution in [0.4, 0.5) is 5.69 Å². The third kappa shape index (κ3) is 2.03. The van der Waals surface area contributed by atoms with E-state index in [2.05, 4.69) is 30.0 Å². The van der Waals surface area contributed by atoms with Crippen molar-refractivity contribution in [3.63, 3.8) is 0 Å². The lowest BCUT2D eigenvalue weighted by Gasteiger charge is -2.26. The first-order chi connectivity index (χ1) is 7.72. The van der Waals surface area contributed by atoms with E-state index in [1.807, 2.05) is 6.07 Å². The second kappa shape index (κ2) is 4.56. The Morgan fingerprint density at radius 3 is 3.00 bits per heavy atom. The number of carbonyl (C=O) groups excluding carboxylic acids is 1. The molecule has 2 rings (SSSR count). The maximum atomic E-state index is 11.2. The number of nitrogens with zero attached hydrogens (tertiary/aromatic N) is 1. The van der Waals surface area contributed by atoms with Crippen LogP contribution in [0.1, 0.15) is 18.9 Å². The molecule has 1 unspecified atom stereocenters. The third-order valence-electron chi connectivity index (χ3n) is 3.14. The van der Waals surface area contributed by atoms with Gasteiger partial charge in [0.05, 0.1) is 13.5 Å². The molecule has 1 aromatic carbocycles. The zero-order chi connectivity index (χ0) is 11.5. The summed E-state index contributed by atoms with van der Waals surface area (Å²) in [6.07, 6.45) is 1.52. The number of hydrogen-bond donors (Lipinski definition) is 0. The van der Waals surface area contributed by atoms with Crippen molar-refractivity contribution in [1.29, 1.82) is 0 Å². The van der Waals surface area contributed by atoms with Crippen LogP contribution in [0.5, 0.6) is 0 Å². The summed E-state index contributed by atoms with van der Waals surface area (Å²) in [5, 5.41) is 0. The highest BCUT2D eigenvalue weighted by atomic mass is 16.5. The van der Waals surface area contributed by atoms with Gasteiger partial charge in [0.1, 0.15) is 0 Å².